The number of rotatable bonds is 4. The topological polar surface area (TPSA) is 81.4 Å². The molecule has 2 aromatic carbocycles. The van der Waals surface area contributed by atoms with Gasteiger partial charge in [0.25, 0.3) is 5.91 Å². The lowest BCUT2D eigenvalue weighted by molar-refractivity contribution is 0.0344. The molecule has 0 spiro atoms. The second kappa shape index (κ2) is 7.03. The number of hydrogen-bond donors (Lipinski definition) is 2. The van der Waals surface area contributed by atoms with E-state index >= 15 is 0 Å². The highest BCUT2D eigenvalue weighted by Crippen LogP contribution is 2.33. The Morgan fingerprint density at radius 3 is 2.28 bits per heavy atom. The summed E-state index contributed by atoms with van der Waals surface area (Å²) in [6.45, 7) is 0.967. The molecule has 1 aliphatic heterocycles. The maximum Gasteiger partial charge on any atom is 0.251 e. The van der Waals surface area contributed by atoms with E-state index in [9.17, 15) is 14.0 Å². The number of benzene rings is 2. The van der Waals surface area contributed by atoms with Gasteiger partial charge in [0.05, 0.1) is 5.54 Å². The smallest absolute Gasteiger partial charge is 0.251 e. The van der Waals surface area contributed by atoms with Gasteiger partial charge in [0, 0.05) is 24.3 Å². The van der Waals surface area contributed by atoms with Gasteiger partial charge in [-0.05, 0) is 54.8 Å². The molecule has 1 aliphatic rings. The van der Waals surface area contributed by atoms with Crippen molar-refractivity contribution in [2.24, 2.45) is 5.73 Å². The second-order valence-corrected chi connectivity index (χ2v) is 6.10. The fourth-order valence-corrected chi connectivity index (χ4v) is 3.07. The lowest BCUT2D eigenvalue weighted by Gasteiger charge is -2.38. The van der Waals surface area contributed by atoms with Crippen molar-refractivity contribution >= 4 is 11.8 Å². The lowest BCUT2D eigenvalue weighted by atomic mass is 9.82. The average molecular weight is 342 g/mol. The predicted molar refractivity (Wildman–Crippen MR) is 90.6 cm³/mol. The minimum atomic E-state index is -0.681. The van der Waals surface area contributed by atoms with Gasteiger partial charge in [0.15, 0.2) is 0 Å². The summed E-state index contributed by atoms with van der Waals surface area (Å²) in [7, 11) is 0. The van der Waals surface area contributed by atoms with E-state index in [1.807, 2.05) is 6.07 Å². The lowest BCUT2D eigenvalue weighted by Crippen LogP contribution is -2.49. The highest BCUT2D eigenvalue weighted by molar-refractivity contribution is 5.97. The molecule has 1 heterocycles. The maximum absolute atomic E-state index is 13.7. The fraction of sp³-hybridized carbons (Fsp3) is 0.263. The van der Waals surface area contributed by atoms with Crippen molar-refractivity contribution in [2.45, 2.75) is 18.4 Å². The summed E-state index contributed by atoms with van der Waals surface area (Å²) in [6, 6.07) is 12.4. The molecule has 0 aromatic heterocycles. The molecule has 6 heteroatoms. The monoisotopic (exact) mass is 342 g/mol. The van der Waals surface area contributed by atoms with Crippen LogP contribution in [0.25, 0.3) is 0 Å². The van der Waals surface area contributed by atoms with Gasteiger partial charge in [0.2, 0.25) is 5.91 Å². The molecule has 5 nitrogen and oxygen atoms in total. The van der Waals surface area contributed by atoms with Crippen LogP contribution in [0.5, 0.6) is 0 Å². The summed E-state index contributed by atoms with van der Waals surface area (Å²) < 4.78 is 19.1. The molecule has 1 saturated heterocycles. The van der Waals surface area contributed by atoms with Gasteiger partial charge in [-0.2, -0.15) is 0 Å². The molecule has 0 unspecified atom stereocenters. The summed E-state index contributed by atoms with van der Waals surface area (Å²) in [5.41, 5.74) is 6.00. The third-order valence-corrected chi connectivity index (χ3v) is 4.51. The Labute approximate surface area is 145 Å². The Kier molecular flexibility index (Phi) is 4.81. The van der Waals surface area contributed by atoms with Crippen LogP contribution in [-0.4, -0.2) is 25.0 Å². The maximum atomic E-state index is 13.7. The highest BCUT2D eigenvalue weighted by Gasteiger charge is 2.36. The molecule has 3 N–H and O–H groups in total. The minimum absolute atomic E-state index is 0.290. The molecule has 0 atom stereocenters. The van der Waals surface area contributed by atoms with Crippen LogP contribution in [0.15, 0.2) is 48.5 Å². The van der Waals surface area contributed by atoms with Crippen LogP contribution in [0.3, 0.4) is 0 Å². The Bertz CT molecular complexity index is 784. The van der Waals surface area contributed by atoms with Gasteiger partial charge in [-0.15, -0.1) is 0 Å². The SMILES string of the molecule is NC(=O)c1ccc(C(=O)NC2(c3cccc(F)c3)CCOCC2)cc1. The van der Waals surface area contributed by atoms with Gasteiger partial charge in [-0.3, -0.25) is 9.59 Å². The van der Waals surface area contributed by atoms with Crippen LogP contribution < -0.4 is 11.1 Å². The quantitative estimate of drug-likeness (QED) is 0.895. The highest BCUT2D eigenvalue weighted by atomic mass is 19.1. The van der Waals surface area contributed by atoms with Crippen molar-refractivity contribution in [1.29, 1.82) is 0 Å². The number of nitrogens with one attached hydrogen (secondary N) is 1. The zero-order valence-corrected chi connectivity index (χ0v) is 13.6. The molecule has 2 aromatic rings. The summed E-state index contributed by atoms with van der Waals surface area (Å²) in [5, 5.41) is 3.04. The normalized spacial score (nSPS) is 16.2. The fourth-order valence-electron chi connectivity index (χ4n) is 3.07. The zero-order valence-electron chi connectivity index (χ0n) is 13.6. The van der Waals surface area contributed by atoms with Crippen molar-refractivity contribution in [2.75, 3.05) is 13.2 Å². The van der Waals surface area contributed by atoms with Crippen LogP contribution in [-0.2, 0) is 10.3 Å². The van der Waals surface area contributed by atoms with E-state index in [4.69, 9.17) is 10.5 Å². The van der Waals surface area contributed by atoms with Crippen molar-refractivity contribution in [3.05, 3.63) is 71.0 Å². The summed E-state index contributed by atoms with van der Waals surface area (Å²) in [4.78, 5) is 23.8. The third kappa shape index (κ3) is 3.69. The summed E-state index contributed by atoms with van der Waals surface area (Å²) in [6.07, 6.45) is 1.11. The molecular formula is C19H19FN2O3. The second-order valence-electron chi connectivity index (χ2n) is 6.10. The first-order chi connectivity index (χ1) is 12.0. The molecule has 1 fully saturated rings. The van der Waals surface area contributed by atoms with E-state index in [-0.39, 0.29) is 11.7 Å². The Balaban J connectivity index is 1.87. The van der Waals surface area contributed by atoms with Crippen molar-refractivity contribution in [1.82, 2.24) is 5.32 Å². The number of nitrogens with two attached hydrogens (primary N) is 1. The van der Waals surface area contributed by atoms with E-state index in [0.717, 1.165) is 5.56 Å². The first-order valence-corrected chi connectivity index (χ1v) is 8.06. The molecular weight excluding hydrogens is 323 g/mol. The molecule has 0 aliphatic carbocycles. The van der Waals surface area contributed by atoms with E-state index in [1.54, 1.807) is 18.2 Å². The van der Waals surface area contributed by atoms with Crippen LogP contribution in [0.4, 0.5) is 4.39 Å². The molecule has 3 rings (SSSR count). The number of carbonyl (C=O) groups excluding carboxylic acids is 2. The van der Waals surface area contributed by atoms with Gasteiger partial charge >= 0.3 is 0 Å². The van der Waals surface area contributed by atoms with Crippen LogP contribution in [0.1, 0.15) is 39.1 Å². The van der Waals surface area contributed by atoms with Gasteiger partial charge in [-0.25, -0.2) is 4.39 Å². The summed E-state index contributed by atoms with van der Waals surface area (Å²) >= 11 is 0. The Morgan fingerprint density at radius 2 is 1.68 bits per heavy atom. The van der Waals surface area contributed by atoms with E-state index in [0.29, 0.717) is 37.2 Å². The molecule has 0 saturated carbocycles. The average Bonchev–Trinajstić information content (AvgIpc) is 2.62. The van der Waals surface area contributed by atoms with E-state index in [1.165, 1.54) is 24.3 Å². The van der Waals surface area contributed by atoms with Crippen molar-refractivity contribution in [3.8, 4) is 0 Å². The molecule has 25 heavy (non-hydrogen) atoms. The first kappa shape index (κ1) is 17.1. The van der Waals surface area contributed by atoms with Gasteiger partial charge < -0.3 is 15.8 Å². The van der Waals surface area contributed by atoms with E-state index in [2.05, 4.69) is 5.32 Å². The van der Waals surface area contributed by atoms with E-state index < -0.39 is 11.4 Å². The van der Waals surface area contributed by atoms with Gasteiger partial charge in [-0.1, -0.05) is 12.1 Å². The van der Waals surface area contributed by atoms with Gasteiger partial charge in [0.1, 0.15) is 5.82 Å². The molecule has 2 amide bonds. The number of hydrogen-bond acceptors (Lipinski definition) is 3. The Morgan fingerprint density at radius 1 is 1.04 bits per heavy atom. The Hall–Kier alpha value is -2.73. The minimum Gasteiger partial charge on any atom is -0.381 e. The van der Waals surface area contributed by atoms with Crippen molar-refractivity contribution < 1.29 is 18.7 Å². The molecule has 130 valence electrons. The number of amides is 2. The zero-order chi connectivity index (χ0) is 17.9. The number of carbonyl (C=O) groups is 2. The third-order valence-electron chi connectivity index (χ3n) is 4.51. The largest absolute Gasteiger partial charge is 0.381 e. The molecule has 0 bridgehead atoms. The standard InChI is InChI=1S/C19H19FN2O3/c20-16-3-1-2-15(12-16)19(8-10-25-11-9-19)22-18(24)14-6-4-13(5-7-14)17(21)23/h1-7,12H,8-11H2,(H2,21,23)(H,22,24). The number of ether oxygens (including phenoxy) is 1. The number of halogens is 1. The predicted octanol–water partition coefficient (Wildman–Crippen LogP) is 2.36. The number of primary amides is 1. The van der Waals surface area contributed by atoms with Crippen molar-refractivity contribution in [3.63, 3.8) is 0 Å². The van der Waals surface area contributed by atoms with Crippen LogP contribution in [0.2, 0.25) is 0 Å². The molecule has 0 radical (unpaired) electrons. The first-order valence-electron chi connectivity index (χ1n) is 8.06. The van der Waals surface area contributed by atoms with Crippen LogP contribution >= 0.6 is 0 Å². The van der Waals surface area contributed by atoms with Crippen LogP contribution in [0, 0.1) is 5.82 Å². The summed E-state index contributed by atoms with van der Waals surface area (Å²) in [5.74, 6) is -1.18.